The fraction of sp³-hybridized carbons (Fsp3) is 0. The molecule has 0 aliphatic rings. The zero-order valence-electron chi connectivity index (χ0n) is 5.13. The Morgan fingerprint density at radius 3 is 1.60 bits per heavy atom. The molecule has 0 spiro atoms. The number of para-hydroxylation sites is 2. The molecule has 0 N–H and O–H groups in total. The van der Waals surface area contributed by atoms with E-state index < -0.39 is 0 Å². The first-order valence-electron chi connectivity index (χ1n) is 2.64. The number of hydrogen-bond donors (Lipinski definition) is 0. The first-order chi connectivity index (χ1) is 4.88. The quantitative estimate of drug-likeness (QED) is 0.596. The first kappa shape index (κ1) is 7.36. The molecular weight excluding hydrogens is 160 g/mol. The Morgan fingerprint density at radius 1 is 0.900 bits per heavy atom. The highest BCUT2D eigenvalue weighted by atomic mass is 28.2. The van der Waals surface area contributed by atoms with E-state index in [1.54, 1.807) is 12.1 Å². The normalized spacial score (nSPS) is 9.00. The number of hydrogen-bond acceptors (Lipinski definition) is 2. The van der Waals surface area contributed by atoms with Crippen molar-refractivity contribution in [2.45, 2.75) is 0 Å². The van der Waals surface area contributed by atoms with E-state index in [9.17, 15) is 0 Å². The third-order valence-corrected chi connectivity index (χ3v) is 1.51. The maximum Gasteiger partial charge on any atom is 0.341 e. The average Bonchev–Trinajstić information content (AvgIpc) is 2.04. The van der Waals surface area contributed by atoms with Crippen molar-refractivity contribution >= 4 is 21.0 Å². The van der Waals surface area contributed by atoms with Crippen molar-refractivity contribution in [3.05, 3.63) is 24.3 Å². The second-order valence-electron chi connectivity index (χ2n) is 1.65. The molecule has 0 aliphatic carbocycles. The maximum atomic E-state index is 4.79. The molecule has 0 saturated carbocycles. The van der Waals surface area contributed by atoms with E-state index in [1.165, 1.54) is 0 Å². The van der Waals surface area contributed by atoms with Crippen LogP contribution >= 0.6 is 0 Å². The third kappa shape index (κ3) is 1.40. The lowest BCUT2D eigenvalue weighted by Gasteiger charge is -2.05. The monoisotopic (exact) mass is 164 g/mol. The second-order valence-corrected chi connectivity index (χ2v) is 2.06. The van der Waals surface area contributed by atoms with Crippen molar-refractivity contribution in [1.82, 2.24) is 0 Å². The first-order valence-corrected chi connectivity index (χ1v) is 3.46. The summed E-state index contributed by atoms with van der Waals surface area (Å²) in [5.41, 5.74) is 0. The predicted octanol–water partition coefficient (Wildman–Crippen LogP) is 0.611. The summed E-state index contributed by atoms with van der Waals surface area (Å²) in [6, 6.07) is 7.26. The Hall–Kier alpha value is -0.746. The fourth-order valence-electron chi connectivity index (χ4n) is 0.619. The van der Waals surface area contributed by atoms with Crippen LogP contribution in [-0.4, -0.2) is 21.0 Å². The van der Waals surface area contributed by atoms with Crippen LogP contribution in [0, 0.1) is 0 Å². The SMILES string of the molecule is [Si]Oc1ccccc1O[Si]. The lowest BCUT2D eigenvalue weighted by molar-refractivity contribution is 0.541. The molecule has 1 aromatic carbocycles. The second kappa shape index (κ2) is 3.43. The maximum absolute atomic E-state index is 4.79. The van der Waals surface area contributed by atoms with Gasteiger partial charge in [-0.1, -0.05) is 12.1 Å². The van der Waals surface area contributed by atoms with E-state index >= 15 is 0 Å². The molecule has 0 atom stereocenters. The molecule has 0 saturated heterocycles. The van der Waals surface area contributed by atoms with Crippen molar-refractivity contribution in [2.75, 3.05) is 0 Å². The molecule has 4 heteroatoms. The summed E-state index contributed by atoms with van der Waals surface area (Å²) in [5, 5.41) is 0. The van der Waals surface area contributed by atoms with E-state index in [0.717, 1.165) is 0 Å². The highest BCUT2D eigenvalue weighted by molar-refractivity contribution is 6.01. The molecular formula is C6H4O2Si2. The number of rotatable bonds is 2. The molecule has 0 amide bonds. The summed E-state index contributed by atoms with van der Waals surface area (Å²) in [6.45, 7) is 0. The van der Waals surface area contributed by atoms with Gasteiger partial charge in [0.25, 0.3) is 0 Å². The summed E-state index contributed by atoms with van der Waals surface area (Å²) in [7, 11) is 5.79. The van der Waals surface area contributed by atoms with Crippen LogP contribution in [0.25, 0.3) is 0 Å². The highest BCUT2D eigenvalue weighted by Gasteiger charge is 1.97. The lowest BCUT2D eigenvalue weighted by atomic mass is 10.3. The van der Waals surface area contributed by atoms with Gasteiger partial charge >= 0.3 is 21.0 Å². The zero-order chi connectivity index (χ0) is 7.40. The van der Waals surface area contributed by atoms with Crippen molar-refractivity contribution in [3.8, 4) is 11.5 Å². The van der Waals surface area contributed by atoms with Gasteiger partial charge in [-0.2, -0.15) is 0 Å². The number of benzene rings is 1. The smallest absolute Gasteiger partial charge is 0.341 e. The lowest BCUT2D eigenvalue weighted by Crippen LogP contribution is -1.91. The molecule has 0 bridgehead atoms. The van der Waals surface area contributed by atoms with Gasteiger partial charge < -0.3 is 8.85 Å². The molecule has 0 unspecified atom stereocenters. The predicted molar refractivity (Wildman–Crippen MR) is 39.2 cm³/mol. The Bertz CT molecular complexity index is 192. The summed E-state index contributed by atoms with van der Waals surface area (Å²) < 4.78 is 9.57. The van der Waals surface area contributed by atoms with Crippen molar-refractivity contribution in [1.29, 1.82) is 0 Å². The topological polar surface area (TPSA) is 18.5 Å². The van der Waals surface area contributed by atoms with Gasteiger partial charge in [0.05, 0.1) is 0 Å². The summed E-state index contributed by atoms with van der Waals surface area (Å²) in [6.07, 6.45) is 0. The van der Waals surface area contributed by atoms with Crippen LogP contribution in [0.5, 0.6) is 11.5 Å². The molecule has 2 nitrogen and oxygen atoms in total. The van der Waals surface area contributed by atoms with E-state index in [2.05, 4.69) is 21.0 Å². The van der Waals surface area contributed by atoms with Crippen LogP contribution in [0.3, 0.4) is 0 Å². The minimum atomic E-state index is 0.633. The van der Waals surface area contributed by atoms with Gasteiger partial charge in [-0.3, -0.25) is 0 Å². The molecule has 0 fully saturated rings. The van der Waals surface area contributed by atoms with E-state index in [0.29, 0.717) is 11.5 Å². The Morgan fingerprint density at radius 2 is 1.30 bits per heavy atom. The Kier molecular flexibility index (Phi) is 2.52. The van der Waals surface area contributed by atoms with Crippen LogP contribution in [0.15, 0.2) is 24.3 Å². The minimum Gasteiger partial charge on any atom is -0.538 e. The van der Waals surface area contributed by atoms with Crippen LogP contribution in [0.4, 0.5) is 0 Å². The van der Waals surface area contributed by atoms with E-state index in [-0.39, 0.29) is 0 Å². The van der Waals surface area contributed by atoms with Gasteiger partial charge in [-0.25, -0.2) is 0 Å². The minimum absolute atomic E-state index is 0.633. The molecule has 1 aromatic rings. The zero-order valence-corrected chi connectivity index (χ0v) is 7.13. The standard InChI is InChI=1S/C6H4O2Si2/c9-7-5-3-1-2-4-6(5)8-10/h1-4H. The molecule has 6 radical (unpaired) electrons. The highest BCUT2D eigenvalue weighted by Crippen LogP contribution is 2.24. The molecule has 10 heavy (non-hydrogen) atoms. The Balaban J connectivity index is 2.96. The fourth-order valence-corrected chi connectivity index (χ4v) is 0.956. The van der Waals surface area contributed by atoms with Gasteiger partial charge in [0.15, 0.2) is 0 Å². The van der Waals surface area contributed by atoms with Crippen LogP contribution < -0.4 is 8.85 Å². The summed E-state index contributed by atoms with van der Waals surface area (Å²) in [4.78, 5) is 0. The van der Waals surface area contributed by atoms with Gasteiger partial charge in [0.1, 0.15) is 11.5 Å². The Labute approximate surface area is 66.2 Å². The van der Waals surface area contributed by atoms with E-state index in [4.69, 9.17) is 8.85 Å². The molecule has 1 rings (SSSR count). The van der Waals surface area contributed by atoms with Crippen LogP contribution in [-0.2, 0) is 0 Å². The van der Waals surface area contributed by atoms with Gasteiger partial charge in [0.2, 0.25) is 0 Å². The van der Waals surface area contributed by atoms with Crippen LogP contribution in [0.1, 0.15) is 0 Å². The summed E-state index contributed by atoms with van der Waals surface area (Å²) in [5.74, 6) is 1.27. The van der Waals surface area contributed by atoms with Gasteiger partial charge in [-0.05, 0) is 12.1 Å². The van der Waals surface area contributed by atoms with Gasteiger partial charge in [0, 0.05) is 0 Å². The van der Waals surface area contributed by atoms with Gasteiger partial charge in [-0.15, -0.1) is 0 Å². The molecule has 0 heterocycles. The molecule has 0 aromatic heterocycles. The summed E-state index contributed by atoms with van der Waals surface area (Å²) >= 11 is 0. The average molecular weight is 164 g/mol. The van der Waals surface area contributed by atoms with Crippen molar-refractivity contribution in [3.63, 3.8) is 0 Å². The van der Waals surface area contributed by atoms with Crippen LogP contribution in [0.2, 0.25) is 0 Å². The van der Waals surface area contributed by atoms with E-state index in [1.807, 2.05) is 12.1 Å². The van der Waals surface area contributed by atoms with Crippen molar-refractivity contribution in [2.24, 2.45) is 0 Å². The largest absolute Gasteiger partial charge is 0.538 e. The molecule has 0 aliphatic heterocycles. The van der Waals surface area contributed by atoms with Crippen molar-refractivity contribution < 1.29 is 8.85 Å². The molecule has 48 valence electrons. The third-order valence-electron chi connectivity index (χ3n) is 1.07.